The Morgan fingerprint density at radius 3 is 1.29 bits per heavy atom. The fourth-order valence-electron chi connectivity index (χ4n) is 10.8. The Kier molecular flexibility index (Phi) is 2.35. The summed E-state index contributed by atoms with van der Waals surface area (Å²) in [5.41, 5.74) is -1.23. The van der Waals surface area contributed by atoms with Crippen LogP contribution in [0, 0.1) is 33.5 Å². The van der Waals surface area contributed by atoms with E-state index in [0.29, 0.717) is 11.8 Å². The summed E-state index contributed by atoms with van der Waals surface area (Å²) in [7, 11) is 0. The standard InChI is InChI=1S/C22H32F2/c1-17-3-15-5-19(9-17,13-21(23,7-15)11-17)20-6-16-4-18(2,10-20)12-22(24,8-16)14-20/h15-16H,3-14H2,1-2H3. The van der Waals surface area contributed by atoms with Crippen LogP contribution in [0.25, 0.3) is 0 Å². The zero-order valence-corrected chi connectivity index (χ0v) is 15.4. The fourth-order valence-corrected chi connectivity index (χ4v) is 10.8. The molecule has 24 heavy (non-hydrogen) atoms. The topological polar surface area (TPSA) is 0 Å². The molecule has 0 N–H and O–H groups in total. The van der Waals surface area contributed by atoms with Gasteiger partial charge in [0.2, 0.25) is 0 Å². The minimum Gasteiger partial charge on any atom is -0.244 e. The van der Waals surface area contributed by atoms with Crippen LogP contribution in [0.15, 0.2) is 0 Å². The van der Waals surface area contributed by atoms with Crippen molar-refractivity contribution in [3.8, 4) is 0 Å². The second-order valence-corrected chi connectivity index (χ2v) is 12.5. The molecule has 8 aliphatic rings. The van der Waals surface area contributed by atoms with Crippen molar-refractivity contribution in [1.82, 2.24) is 0 Å². The third kappa shape index (κ3) is 1.70. The summed E-state index contributed by atoms with van der Waals surface area (Å²) in [6.45, 7) is 4.71. The van der Waals surface area contributed by atoms with Crippen LogP contribution in [0.5, 0.6) is 0 Å². The zero-order chi connectivity index (χ0) is 16.6. The minimum absolute atomic E-state index is 0.119. The predicted molar refractivity (Wildman–Crippen MR) is 91.1 cm³/mol. The molecular formula is C22H32F2. The SMILES string of the molecule is CC12CC3CC(F)(C1)CC(C14CC5CC(C)(CC(F)(C5)C1)C4)(C3)C2. The summed E-state index contributed by atoms with van der Waals surface area (Å²) in [5.74, 6) is 1.15. The van der Waals surface area contributed by atoms with Crippen LogP contribution in [0.1, 0.15) is 90.9 Å². The van der Waals surface area contributed by atoms with Crippen LogP contribution in [0.3, 0.4) is 0 Å². The van der Waals surface area contributed by atoms with Gasteiger partial charge in [-0.2, -0.15) is 0 Å². The van der Waals surface area contributed by atoms with Crippen molar-refractivity contribution in [2.45, 2.75) is 102 Å². The van der Waals surface area contributed by atoms with Crippen molar-refractivity contribution >= 4 is 0 Å². The lowest BCUT2D eigenvalue weighted by atomic mass is 9.31. The Morgan fingerprint density at radius 1 is 0.542 bits per heavy atom. The normalized spacial score (nSPS) is 69.5. The molecule has 8 saturated carbocycles. The quantitative estimate of drug-likeness (QED) is 0.521. The van der Waals surface area contributed by atoms with E-state index in [4.69, 9.17) is 0 Å². The molecule has 0 radical (unpaired) electrons. The van der Waals surface area contributed by atoms with Gasteiger partial charge in [-0.25, -0.2) is 8.78 Å². The molecule has 0 amide bonds. The van der Waals surface area contributed by atoms with Crippen molar-refractivity contribution in [3.63, 3.8) is 0 Å². The molecular weight excluding hydrogens is 302 g/mol. The number of alkyl halides is 2. The average Bonchev–Trinajstić information content (AvgIpc) is 2.28. The Morgan fingerprint density at radius 2 is 0.958 bits per heavy atom. The zero-order valence-electron chi connectivity index (χ0n) is 15.4. The molecule has 8 unspecified atom stereocenters. The molecule has 0 aliphatic heterocycles. The maximum absolute atomic E-state index is 15.8. The van der Waals surface area contributed by atoms with Gasteiger partial charge in [-0.1, -0.05) is 13.8 Å². The molecule has 134 valence electrons. The van der Waals surface area contributed by atoms with Crippen LogP contribution in [-0.2, 0) is 0 Å². The van der Waals surface area contributed by atoms with Gasteiger partial charge in [0.25, 0.3) is 0 Å². The minimum atomic E-state index is -0.929. The van der Waals surface area contributed by atoms with E-state index >= 15 is 8.78 Å². The highest BCUT2D eigenvalue weighted by Crippen LogP contribution is 2.80. The van der Waals surface area contributed by atoms with Gasteiger partial charge in [-0.3, -0.25) is 0 Å². The first-order chi connectivity index (χ1) is 11.1. The van der Waals surface area contributed by atoms with Crippen LogP contribution in [0.4, 0.5) is 8.78 Å². The molecule has 2 heteroatoms. The molecule has 8 bridgehead atoms. The summed E-state index contributed by atoms with van der Waals surface area (Å²) < 4.78 is 31.5. The van der Waals surface area contributed by atoms with Gasteiger partial charge in [0.1, 0.15) is 11.3 Å². The number of hydrogen-bond acceptors (Lipinski definition) is 0. The van der Waals surface area contributed by atoms with E-state index in [1.165, 1.54) is 38.5 Å². The molecule has 0 saturated heterocycles. The van der Waals surface area contributed by atoms with E-state index in [1.807, 2.05) is 0 Å². The first-order valence-electron chi connectivity index (χ1n) is 10.4. The van der Waals surface area contributed by atoms with Gasteiger partial charge >= 0.3 is 0 Å². The van der Waals surface area contributed by atoms with Crippen LogP contribution < -0.4 is 0 Å². The lowest BCUT2D eigenvalue weighted by molar-refractivity contribution is -0.271. The summed E-state index contributed by atoms with van der Waals surface area (Å²) in [4.78, 5) is 0. The highest BCUT2D eigenvalue weighted by Gasteiger charge is 2.73. The maximum Gasteiger partial charge on any atom is 0.112 e. The Balaban J connectivity index is 1.49. The van der Waals surface area contributed by atoms with Crippen LogP contribution >= 0.6 is 0 Å². The lowest BCUT2D eigenvalue weighted by Crippen LogP contribution is -2.68. The highest BCUT2D eigenvalue weighted by molar-refractivity contribution is 5.23. The van der Waals surface area contributed by atoms with E-state index < -0.39 is 11.3 Å². The first-order valence-corrected chi connectivity index (χ1v) is 10.4. The lowest BCUT2D eigenvalue weighted by Gasteiger charge is -2.75. The molecule has 0 nitrogen and oxygen atoms in total. The fraction of sp³-hybridized carbons (Fsp3) is 1.00. The van der Waals surface area contributed by atoms with Crippen molar-refractivity contribution in [1.29, 1.82) is 0 Å². The second-order valence-electron chi connectivity index (χ2n) is 12.5. The molecule has 0 aromatic rings. The number of halogens is 2. The van der Waals surface area contributed by atoms with E-state index in [-0.39, 0.29) is 21.7 Å². The molecule has 8 fully saturated rings. The molecule has 0 aromatic carbocycles. The Bertz CT molecular complexity index is 533. The van der Waals surface area contributed by atoms with Gasteiger partial charge in [-0.05, 0) is 111 Å². The second kappa shape index (κ2) is 3.77. The third-order valence-corrected chi connectivity index (χ3v) is 9.68. The molecule has 0 spiro atoms. The van der Waals surface area contributed by atoms with E-state index in [9.17, 15) is 0 Å². The van der Waals surface area contributed by atoms with Crippen molar-refractivity contribution < 1.29 is 8.78 Å². The van der Waals surface area contributed by atoms with E-state index in [0.717, 1.165) is 38.5 Å². The molecule has 8 aliphatic carbocycles. The molecule has 8 atom stereocenters. The van der Waals surface area contributed by atoms with Gasteiger partial charge in [0.15, 0.2) is 0 Å². The Hall–Kier alpha value is -0.140. The number of hydrogen-bond donors (Lipinski definition) is 0. The summed E-state index contributed by atoms with van der Waals surface area (Å²) >= 11 is 0. The monoisotopic (exact) mass is 334 g/mol. The van der Waals surface area contributed by atoms with Crippen molar-refractivity contribution in [2.24, 2.45) is 33.5 Å². The molecule has 0 aromatic heterocycles. The molecule has 0 heterocycles. The first kappa shape index (κ1) is 15.0. The summed E-state index contributed by atoms with van der Waals surface area (Å²) in [6, 6.07) is 0. The summed E-state index contributed by atoms with van der Waals surface area (Å²) in [6.07, 6.45) is 12.0. The van der Waals surface area contributed by atoms with E-state index in [2.05, 4.69) is 13.8 Å². The molecule has 8 rings (SSSR count). The number of rotatable bonds is 1. The maximum atomic E-state index is 15.8. The largest absolute Gasteiger partial charge is 0.244 e. The van der Waals surface area contributed by atoms with Gasteiger partial charge in [0.05, 0.1) is 0 Å². The van der Waals surface area contributed by atoms with E-state index in [1.54, 1.807) is 0 Å². The summed E-state index contributed by atoms with van der Waals surface area (Å²) in [5, 5.41) is 0. The van der Waals surface area contributed by atoms with Crippen molar-refractivity contribution in [2.75, 3.05) is 0 Å². The highest BCUT2D eigenvalue weighted by atomic mass is 19.1. The van der Waals surface area contributed by atoms with Crippen LogP contribution in [0.2, 0.25) is 0 Å². The van der Waals surface area contributed by atoms with Gasteiger partial charge < -0.3 is 0 Å². The Labute approximate surface area is 145 Å². The third-order valence-electron chi connectivity index (χ3n) is 9.68. The van der Waals surface area contributed by atoms with Crippen molar-refractivity contribution in [3.05, 3.63) is 0 Å². The smallest absolute Gasteiger partial charge is 0.112 e. The van der Waals surface area contributed by atoms with Gasteiger partial charge in [-0.15, -0.1) is 0 Å². The van der Waals surface area contributed by atoms with Gasteiger partial charge in [0, 0.05) is 0 Å². The van der Waals surface area contributed by atoms with Crippen LogP contribution in [-0.4, -0.2) is 11.3 Å². The predicted octanol–water partition coefficient (Wildman–Crippen LogP) is 6.38. The average molecular weight is 334 g/mol.